The Hall–Kier alpha value is -0.610. The zero-order chi connectivity index (χ0) is 12.1. The third kappa shape index (κ3) is 1.14. The summed E-state index contributed by atoms with van der Waals surface area (Å²) in [6, 6.07) is 0.454. The molecule has 0 N–H and O–H groups in total. The summed E-state index contributed by atoms with van der Waals surface area (Å²) in [7, 11) is 3.56. The first-order chi connectivity index (χ1) is 7.40. The van der Waals surface area contributed by atoms with Crippen LogP contribution in [0.25, 0.3) is 0 Å². The van der Waals surface area contributed by atoms with Gasteiger partial charge in [-0.05, 0) is 13.8 Å². The summed E-state index contributed by atoms with van der Waals surface area (Å²) in [5, 5.41) is 0. The fourth-order valence-electron chi connectivity index (χ4n) is 3.53. The second kappa shape index (κ2) is 3.44. The maximum atomic E-state index is 11.9. The van der Waals surface area contributed by atoms with E-state index >= 15 is 0 Å². The van der Waals surface area contributed by atoms with Crippen molar-refractivity contribution in [1.82, 2.24) is 0 Å². The summed E-state index contributed by atoms with van der Waals surface area (Å²) in [5.74, 6) is -0.244. The molecule has 0 aromatic rings. The van der Waals surface area contributed by atoms with E-state index in [0.717, 1.165) is 12.8 Å². The highest BCUT2D eigenvalue weighted by Gasteiger charge is 2.71. The molecule has 2 rings (SSSR count). The molecule has 2 fully saturated rings. The Kier molecular flexibility index (Phi) is 2.55. The number of fused-ring (bicyclic) bond motifs is 2. The first-order valence-corrected chi connectivity index (χ1v) is 6.03. The zero-order valence-electron chi connectivity index (χ0n) is 10.8. The average molecular weight is 228 g/mol. The van der Waals surface area contributed by atoms with Gasteiger partial charge in [0.15, 0.2) is 0 Å². The quantitative estimate of drug-likeness (QED) is 0.530. The number of hydrogen-bond donors (Lipinski definition) is 0. The van der Waals surface area contributed by atoms with E-state index < -0.39 is 0 Å². The van der Waals surface area contributed by atoms with Crippen LogP contribution in [0.4, 0.5) is 0 Å². The highest BCUT2D eigenvalue weighted by atomic mass is 16.7. The van der Waals surface area contributed by atoms with Crippen LogP contribution in [-0.2, 0) is 14.4 Å². The smallest absolute Gasteiger partial charge is 0.318 e. The maximum Gasteiger partial charge on any atom is 0.318 e. The van der Waals surface area contributed by atoms with Gasteiger partial charge in [0.2, 0.25) is 0 Å². The standard InChI is InChI=1S/C12H22NO3/c1-6-12(3)10(11(14)15-5)9-7-8(2)13(12,4)16-9/h8-10H,6-7H2,1-5H3/q+1/t8?,9-,10?,12?,13+/m0/s1. The third-order valence-corrected chi connectivity index (χ3v) is 5.00. The van der Waals surface area contributed by atoms with Crippen molar-refractivity contribution in [3.63, 3.8) is 0 Å². The lowest BCUT2D eigenvalue weighted by Crippen LogP contribution is -2.64. The fraction of sp³-hybridized carbons (Fsp3) is 0.917. The van der Waals surface area contributed by atoms with E-state index in [2.05, 4.69) is 27.8 Å². The van der Waals surface area contributed by atoms with Crippen molar-refractivity contribution >= 4 is 5.97 Å². The van der Waals surface area contributed by atoms with Gasteiger partial charge in [0.05, 0.1) is 14.2 Å². The Bertz CT molecular complexity index is 319. The topological polar surface area (TPSA) is 35.5 Å². The predicted molar refractivity (Wildman–Crippen MR) is 59.3 cm³/mol. The van der Waals surface area contributed by atoms with Crippen LogP contribution in [0.3, 0.4) is 0 Å². The summed E-state index contributed by atoms with van der Waals surface area (Å²) in [6.45, 7) is 6.46. The number of rotatable bonds is 2. The molecule has 0 radical (unpaired) electrons. The summed E-state index contributed by atoms with van der Waals surface area (Å²) in [4.78, 5) is 18.0. The summed E-state index contributed by atoms with van der Waals surface area (Å²) >= 11 is 0. The second-order valence-corrected chi connectivity index (χ2v) is 5.43. The van der Waals surface area contributed by atoms with Crippen molar-refractivity contribution in [1.29, 1.82) is 0 Å². The molecule has 0 spiro atoms. The Morgan fingerprint density at radius 2 is 2.25 bits per heavy atom. The Morgan fingerprint density at radius 1 is 1.62 bits per heavy atom. The second-order valence-electron chi connectivity index (χ2n) is 5.43. The van der Waals surface area contributed by atoms with Gasteiger partial charge in [0.25, 0.3) is 0 Å². The highest BCUT2D eigenvalue weighted by Crippen LogP contribution is 2.53. The molecular formula is C12H22NO3+. The monoisotopic (exact) mass is 228 g/mol. The molecule has 3 unspecified atom stereocenters. The normalized spacial score (nSPS) is 50.7. The van der Waals surface area contributed by atoms with Crippen LogP contribution in [0.1, 0.15) is 33.6 Å². The van der Waals surface area contributed by atoms with Crippen LogP contribution in [0.2, 0.25) is 0 Å². The SMILES string of the molecule is CCC1(C)C(C(=O)OC)[C@@H]2CC(C)[N@@+]1(C)O2. The van der Waals surface area contributed by atoms with Crippen LogP contribution in [0, 0.1) is 5.92 Å². The molecule has 0 aliphatic carbocycles. The van der Waals surface area contributed by atoms with Gasteiger partial charge in [-0.25, -0.2) is 0 Å². The van der Waals surface area contributed by atoms with Gasteiger partial charge >= 0.3 is 5.97 Å². The maximum absolute atomic E-state index is 11.9. The molecule has 4 heteroatoms. The number of piperidine rings is 1. The lowest BCUT2D eigenvalue weighted by Gasteiger charge is -2.45. The van der Waals surface area contributed by atoms with Gasteiger partial charge in [-0.1, -0.05) is 6.92 Å². The van der Waals surface area contributed by atoms with Crippen LogP contribution in [0.5, 0.6) is 0 Å². The van der Waals surface area contributed by atoms with E-state index in [1.807, 2.05) is 0 Å². The number of nitrogens with zero attached hydrogens (tertiary/aromatic N) is 1. The average Bonchev–Trinajstić information content (AvgIpc) is 2.66. The summed E-state index contributed by atoms with van der Waals surface area (Å²) < 4.78 is 5.48. The minimum absolute atomic E-state index is 0.0254. The van der Waals surface area contributed by atoms with E-state index in [1.165, 1.54) is 7.11 Å². The molecule has 0 aromatic carbocycles. The molecule has 2 bridgehead atoms. The predicted octanol–water partition coefficient (Wildman–Crippen LogP) is 1.50. The third-order valence-electron chi connectivity index (χ3n) is 5.00. The van der Waals surface area contributed by atoms with Crippen LogP contribution < -0.4 is 0 Å². The fourth-order valence-corrected chi connectivity index (χ4v) is 3.53. The first-order valence-electron chi connectivity index (χ1n) is 6.03. The van der Waals surface area contributed by atoms with Crippen molar-refractivity contribution in [2.75, 3.05) is 14.2 Å². The molecule has 2 aliphatic heterocycles. The van der Waals surface area contributed by atoms with Crippen molar-refractivity contribution in [2.45, 2.75) is 51.3 Å². The van der Waals surface area contributed by atoms with Crippen LogP contribution in [-0.4, -0.2) is 42.5 Å². The van der Waals surface area contributed by atoms with Gasteiger partial charge in [-0.3, -0.25) is 4.79 Å². The number of ether oxygens (including phenoxy) is 1. The van der Waals surface area contributed by atoms with Crippen molar-refractivity contribution < 1.29 is 19.0 Å². The highest BCUT2D eigenvalue weighted by molar-refractivity contribution is 5.75. The molecule has 2 heterocycles. The van der Waals surface area contributed by atoms with Gasteiger partial charge < -0.3 is 4.74 Å². The lowest BCUT2D eigenvalue weighted by atomic mass is 9.74. The minimum Gasteiger partial charge on any atom is -0.469 e. The molecule has 0 amide bonds. The molecule has 2 saturated heterocycles. The number of carbonyl (C=O) groups excluding carboxylic acids is 1. The number of quaternary nitrogens is 1. The van der Waals surface area contributed by atoms with Crippen molar-refractivity contribution in [3.05, 3.63) is 0 Å². The van der Waals surface area contributed by atoms with E-state index in [1.54, 1.807) is 0 Å². The largest absolute Gasteiger partial charge is 0.469 e. The Morgan fingerprint density at radius 3 is 2.75 bits per heavy atom. The van der Waals surface area contributed by atoms with Gasteiger partial charge in [-0.2, -0.15) is 9.48 Å². The van der Waals surface area contributed by atoms with Crippen LogP contribution in [0.15, 0.2) is 0 Å². The number of methoxy groups -OCH3 is 1. The molecule has 0 aromatic heterocycles. The number of esters is 1. The zero-order valence-corrected chi connectivity index (χ0v) is 10.8. The molecular weight excluding hydrogens is 206 g/mol. The molecule has 0 saturated carbocycles. The van der Waals surface area contributed by atoms with E-state index in [-0.39, 0.29) is 23.5 Å². The minimum atomic E-state index is -0.157. The molecule has 16 heavy (non-hydrogen) atoms. The number of hydroxylamine groups is 3. The van der Waals surface area contributed by atoms with Gasteiger partial charge in [-0.15, -0.1) is 0 Å². The summed E-state index contributed by atoms with van der Waals surface area (Å²) in [6.07, 6.45) is 1.90. The molecule has 2 aliphatic rings. The lowest BCUT2D eigenvalue weighted by molar-refractivity contribution is -1.12. The number of hydrogen-bond acceptors (Lipinski definition) is 3. The molecule has 92 valence electrons. The summed E-state index contributed by atoms with van der Waals surface area (Å²) in [5.41, 5.74) is -0.157. The first kappa shape index (κ1) is 11.9. The van der Waals surface area contributed by atoms with E-state index in [9.17, 15) is 4.79 Å². The van der Waals surface area contributed by atoms with Crippen LogP contribution >= 0.6 is 0 Å². The Balaban J connectivity index is 2.40. The van der Waals surface area contributed by atoms with Gasteiger partial charge in [0, 0.05) is 12.8 Å². The van der Waals surface area contributed by atoms with Crippen molar-refractivity contribution in [2.24, 2.45) is 5.92 Å². The van der Waals surface area contributed by atoms with E-state index in [4.69, 9.17) is 9.57 Å². The van der Waals surface area contributed by atoms with Gasteiger partial charge in [0.1, 0.15) is 23.6 Å². The Labute approximate surface area is 97.1 Å². The van der Waals surface area contributed by atoms with Crippen molar-refractivity contribution in [3.8, 4) is 0 Å². The molecule has 4 nitrogen and oxygen atoms in total. The van der Waals surface area contributed by atoms with E-state index in [0.29, 0.717) is 10.7 Å². The number of carbonyl (C=O) groups is 1. The molecule has 5 atom stereocenters.